The van der Waals surface area contributed by atoms with Crippen LogP contribution in [0.3, 0.4) is 0 Å². The van der Waals surface area contributed by atoms with E-state index in [1.807, 2.05) is 41.8 Å². The predicted molar refractivity (Wildman–Crippen MR) is 116 cm³/mol. The lowest BCUT2D eigenvalue weighted by Crippen LogP contribution is -2.40. The van der Waals surface area contributed by atoms with Crippen molar-refractivity contribution in [3.63, 3.8) is 0 Å². The van der Waals surface area contributed by atoms with Crippen molar-refractivity contribution in [3.8, 4) is 11.4 Å². The van der Waals surface area contributed by atoms with Gasteiger partial charge < -0.3 is 15.0 Å². The third-order valence-electron chi connectivity index (χ3n) is 5.82. The molecule has 6 rings (SSSR count). The Bertz CT molecular complexity index is 1240. The molecule has 8 nitrogen and oxygen atoms in total. The molecule has 2 fully saturated rings. The van der Waals surface area contributed by atoms with Gasteiger partial charge in [-0.2, -0.15) is 9.61 Å². The van der Waals surface area contributed by atoms with Gasteiger partial charge in [-0.15, -0.1) is 0 Å². The van der Waals surface area contributed by atoms with E-state index < -0.39 is 0 Å². The minimum absolute atomic E-state index is 0.303. The van der Waals surface area contributed by atoms with Gasteiger partial charge in [-0.25, -0.2) is 15.0 Å². The molecule has 0 aliphatic carbocycles. The summed E-state index contributed by atoms with van der Waals surface area (Å²) < 4.78 is 7.22. The number of aryl methyl sites for hydroxylation is 1. The van der Waals surface area contributed by atoms with E-state index in [1.54, 1.807) is 0 Å². The van der Waals surface area contributed by atoms with Gasteiger partial charge in [-0.1, -0.05) is 12.1 Å². The number of benzene rings is 1. The van der Waals surface area contributed by atoms with Crippen LogP contribution in [0.1, 0.15) is 18.5 Å². The number of aromatic nitrogens is 5. The van der Waals surface area contributed by atoms with Crippen LogP contribution < -0.4 is 10.2 Å². The summed E-state index contributed by atoms with van der Waals surface area (Å²) in [6.45, 7) is 5.50. The average Bonchev–Trinajstić information content (AvgIpc) is 3.39. The predicted octanol–water partition coefficient (Wildman–Crippen LogP) is 3.06. The minimum Gasteiger partial charge on any atom is -0.377 e. The first-order valence-electron chi connectivity index (χ1n) is 10.5. The van der Waals surface area contributed by atoms with Crippen LogP contribution in [0, 0.1) is 6.92 Å². The Balaban J connectivity index is 1.49. The molecule has 0 bridgehead atoms. The topological polar surface area (TPSA) is 80.5 Å². The fourth-order valence-corrected chi connectivity index (χ4v) is 4.15. The molecule has 0 atom stereocenters. The standard InChI is InChI=1S/C22H23N7O/c1-14-22(25-17-7-3-2-6-16(17)23-14)18-10-20-26-19(28-8-4-5-9-28)11-21(29(20)27-18)24-15-12-30-13-15/h2-3,6-7,10-11,15,24H,4-5,8-9,12-13H2,1H3. The molecular formula is C22H23N7O. The summed E-state index contributed by atoms with van der Waals surface area (Å²) in [6, 6.07) is 12.3. The molecule has 4 aromatic rings. The highest BCUT2D eigenvalue weighted by Crippen LogP contribution is 2.28. The molecule has 3 aromatic heterocycles. The number of nitrogens with zero attached hydrogens (tertiary/aromatic N) is 6. The molecular weight excluding hydrogens is 378 g/mol. The van der Waals surface area contributed by atoms with Crippen molar-refractivity contribution < 1.29 is 4.74 Å². The molecule has 2 aliphatic heterocycles. The molecule has 0 amide bonds. The monoisotopic (exact) mass is 401 g/mol. The summed E-state index contributed by atoms with van der Waals surface area (Å²) >= 11 is 0. The molecule has 0 radical (unpaired) electrons. The third kappa shape index (κ3) is 2.95. The molecule has 1 N–H and O–H groups in total. The van der Waals surface area contributed by atoms with Crippen molar-refractivity contribution in [2.75, 3.05) is 36.5 Å². The van der Waals surface area contributed by atoms with Crippen molar-refractivity contribution in [3.05, 3.63) is 42.1 Å². The maximum absolute atomic E-state index is 5.34. The van der Waals surface area contributed by atoms with Crippen molar-refractivity contribution in [2.45, 2.75) is 25.8 Å². The smallest absolute Gasteiger partial charge is 0.160 e. The van der Waals surface area contributed by atoms with E-state index in [0.29, 0.717) is 19.3 Å². The highest BCUT2D eigenvalue weighted by molar-refractivity contribution is 5.78. The van der Waals surface area contributed by atoms with Crippen LogP contribution in [-0.4, -0.2) is 56.9 Å². The Kier molecular flexibility index (Phi) is 4.05. The van der Waals surface area contributed by atoms with Crippen LogP contribution in [-0.2, 0) is 4.74 Å². The summed E-state index contributed by atoms with van der Waals surface area (Å²) in [5, 5.41) is 8.43. The normalized spacial score (nSPS) is 17.0. The summed E-state index contributed by atoms with van der Waals surface area (Å²) in [5.74, 6) is 1.93. The zero-order valence-electron chi connectivity index (χ0n) is 16.9. The highest BCUT2D eigenvalue weighted by atomic mass is 16.5. The lowest BCUT2D eigenvalue weighted by atomic mass is 10.2. The molecule has 30 heavy (non-hydrogen) atoms. The Morgan fingerprint density at radius 2 is 1.77 bits per heavy atom. The number of nitrogens with one attached hydrogen (secondary N) is 1. The van der Waals surface area contributed by atoms with Crippen LogP contribution in [0.2, 0.25) is 0 Å². The molecule has 0 saturated carbocycles. The second kappa shape index (κ2) is 6.91. The van der Waals surface area contributed by atoms with Crippen molar-refractivity contribution in [1.82, 2.24) is 24.6 Å². The lowest BCUT2D eigenvalue weighted by molar-refractivity contribution is 0.0209. The number of fused-ring (bicyclic) bond motifs is 2. The SMILES string of the molecule is Cc1nc2ccccc2nc1-c1cc2nc(N3CCCC3)cc(NC3COC3)n2n1. The van der Waals surface area contributed by atoms with Crippen LogP contribution in [0.15, 0.2) is 36.4 Å². The summed E-state index contributed by atoms with van der Waals surface area (Å²) in [6.07, 6.45) is 2.42. The molecule has 2 saturated heterocycles. The van der Waals surface area contributed by atoms with Gasteiger partial charge in [0.1, 0.15) is 23.0 Å². The molecule has 1 aromatic carbocycles. The second-order valence-electron chi connectivity index (χ2n) is 8.02. The maximum atomic E-state index is 5.34. The molecule has 5 heterocycles. The Labute approximate surface area is 173 Å². The Morgan fingerprint density at radius 1 is 1.00 bits per heavy atom. The largest absolute Gasteiger partial charge is 0.377 e. The quantitative estimate of drug-likeness (QED) is 0.563. The van der Waals surface area contributed by atoms with Gasteiger partial charge in [0.25, 0.3) is 0 Å². The van der Waals surface area contributed by atoms with Gasteiger partial charge in [-0.3, -0.25) is 0 Å². The van der Waals surface area contributed by atoms with Crippen LogP contribution in [0.25, 0.3) is 28.1 Å². The van der Waals surface area contributed by atoms with E-state index >= 15 is 0 Å². The molecule has 0 spiro atoms. The zero-order valence-corrected chi connectivity index (χ0v) is 16.9. The van der Waals surface area contributed by atoms with E-state index in [-0.39, 0.29) is 0 Å². The van der Waals surface area contributed by atoms with Gasteiger partial charge in [0.05, 0.1) is 36.0 Å². The first-order valence-corrected chi connectivity index (χ1v) is 10.5. The fraction of sp³-hybridized carbons (Fsp3) is 0.364. The third-order valence-corrected chi connectivity index (χ3v) is 5.82. The molecule has 0 unspecified atom stereocenters. The fourth-order valence-electron chi connectivity index (χ4n) is 4.15. The van der Waals surface area contributed by atoms with E-state index in [0.717, 1.165) is 58.5 Å². The lowest BCUT2D eigenvalue weighted by Gasteiger charge is -2.28. The first kappa shape index (κ1) is 17.6. The van der Waals surface area contributed by atoms with Gasteiger partial charge in [-0.05, 0) is 31.9 Å². The molecule has 152 valence electrons. The van der Waals surface area contributed by atoms with Gasteiger partial charge >= 0.3 is 0 Å². The van der Waals surface area contributed by atoms with Crippen molar-refractivity contribution in [1.29, 1.82) is 0 Å². The van der Waals surface area contributed by atoms with E-state index in [9.17, 15) is 0 Å². The zero-order chi connectivity index (χ0) is 20.1. The van der Waals surface area contributed by atoms with E-state index in [1.165, 1.54) is 12.8 Å². The first-order chi connectivity index (χ1) is 14.7. The number of hydrogen-bond acceptors (Lipinski definition) is 7. The van der Waals surface area contributed by atoms with Crippen LogP contribution >= 0.6 is 0 Å². The number of rotatable bonds is 4. The summed E-state index contributed by atoms with van der Waals surface area (Å²) in [5.41, 5.74) is 5.00. The number of para-hydroxylation sites is 2. The van der Waals surface area contributed by atoms with E-state index in [2.05, 4.69) is 16.3 Å². The number of anilines is 2. The van der Waals surface area contributed by atoms with Gasteiger partial charge in [0.15, 0.2) is 5.65 Å². The summed E-state index contributed by atoms with van der Waals surface area (Å²) in [7, 11) is 0. The molecule has 2 aliphatic rings. The minimum atomic E-state index is 0.303. The van der Waals surface area contributed by atoms with Crippen LogP contribution in [0.4, 0.5) is 11.6 Å². The van der Waals surface area contributed by atoms with Crippen molar-refractivity contribution in [2.24, 2.45) is 0 Å². The average molecular weight is 401 g/mol. The Hall–Kier alpha value is -3.26. The second-order valence-corrected chi connectivity index (χ2v) is 8.02. The maximum Gasteiger partial charge on any atom is 0.160 e. The van der Waals surface area contributed by atoms with Crippen molar-refractivity contribution >= 4 is 28.3 Å². The number of hydrogen-bond donors (Lipinski definition) is 1. The number of ether oxygens (including phenoxy) is 1. The molecule has 8 heteroatoms. The Morgan fingerprint density at radius 3 is 2.50 bits per heavy atom. The van der Waals surface area contributed by atoms with Crippen LogP contribution in [0.5, 0.6) is 0 Å². The van der Waals surface area contributed by atoms with E-state index in [4.69, 9.17) is 24.8 Å². The van der Waals surface area contributed by atoms with Gasteiger partial charge in [0.2, 0.25) is 0 Å². The van der Waals surface area contributed by atoms with Gasteiger partial charge in [0, 0.05) is 25.2 Å². The summed E-state index contributed by atoms with van der Waals surface area (Å²) in [4.78, 5) is 16.8. The highest BCUT2D eigenvalue weighted by Gasteiger charge is 2.23.